The molecule has 0 aromatic rings. The molecule has 4 nitrogen and oxygen atoms in total. The first kappa shape index (κ1) is 11.4. The molecule has 1 saturated heterocycles. The Bertz CT molecular complexity index is 298. The van der Waals surface area contributed by atoms with E-state index in [1.54, 1.807) is 6.92 Å². The maximum Gasteiger partial charge on any atom is 0.239 e. The smallest absolute Gasteiger partial charge is 0.239 e. The van der Waals surface area contributed by atoms with Crippen molar-refractivity contribution in [3.05, 3.63) is 0 Å². The van der Waals surface area contributed by atoms with Crippen molar-refractivity contribution < 1.29 is 4.79 Å². The molecule has 1 aliphatic carbocycles. The first-order valence-electron chi connectivity index (χ1n) is 6.11. The number of carbonyl (C=O) groups excluding carboxylic acids is 1. The highest BCUT2D eigenvalue weighted by Gasteiger charge is 2.28. The van der Waals surface area contributed by atoms with Crippen LogP contribution in [0, 0.1) is 23.2 Å². The van der Waals surface area contributed by atoms with Crippen molar-refractivity contribution in [2.75, 3.05) is 32.7 Å². The number of nitriles is 1. The van der Waals surface area contributed by atoms with Crippen molar-refractivity contribution in [3.63, 3.8) is 0 Å². The van der Waals surface area contributed by atoms with E-state index >= 15 is 0 Å². The van der Waals surface area contributed by atoms with E-state index < -0.39 is 5.92 Å². The lowest BCUT2D eigenvalue weighted by Gasteiger charge is -2.35. The molecule has 4 heteroatoms. The van der Waals surface area contributed by atoms with Crippen LogP contribution in [0.25, 0.3) is 0 Å². The Morgan fingerprint density at radius 3 is 2.50 bits per heavy atom. The molecule has 1 aliphatic heterocycles. The first-order valence-corrected chi connectivity index (χ1v) is 6.11. The summed E-state index contributed by atoms with van der Waals surface area (Å²) in [6.45, 7) is 6.41. The van der Waals surface area contributed by atoms with E-state index in [0.29, 0.717) is 0 Å². The number of amides is 1. The third-order valence-electron chi connectivity index (χ3n) is 3.46. The van der Waals surface area contributed by atoms with Gasteiger partial charge in [-0.15, -0.1) is 0 Å². The van der Waals surface area contributed by atoms with E-state index in [4.69, 9.17) is 5.26 Å². The second kappa shape index (κ2) is 4.84. The van der Waals surface area contributed by atoms with Crippen molar-refractivity contribution in [1.82, 2.24) is 9.80 Å². The highest BCUT2D eigenvalue weighted by Crippen LogP contribution is 2.29. The quantitative estimate of drug-likeness (QED) is 0.705. The van der Waals surface area contributed by atoms with Crippen LogP contribution in [-0.4, -0.2) is 48.4 Å². The first-order chi connectivity index (χ1) is 7.70. The maximum absolute atomic E-state index is 11.8. The molecule has 2 fully saturated rings. The van der Waals surface area contributed by atoms with Crippen LogP contribution in [0.3, 0.4) is 0 Å². The molecule has 88 valence electrons. The molecule has 0 spiro atoms. The van der Waals surface area contributed by atoms with Crippen LogP contribution < -0.4 is 0 Å². The van der Waals surface area contributed by atoms with Crippen LogP contribution in [0.5, 0.6) is 0 Å². The van der Waals surface area contributed by atoms with Gasteiger partial charge in [0.2, 0.25) is 5.91 Å². The van der Waals surface area contributed by atoms with Crippen molar-refractivity contribution in [2.45, 2.75) is 19.8 Å². The van der Waals surface area contributed by atoms with Gasteiger partial charge in [0.25, 0.3) is 0 Å². The third-order valence-corrected chi connectivity index (χ3v) is 3.46. The van der Waals surface area contributed by atoms with Gasteiger partial charge >= 0.3 is 0 Å². The normalized spacial score (nSPS) is 23.9. The summed E-state index contributed by atoms with van der Waals surface area (Å²) in [5.74, 6) is 0.420. The van der Waals surface area contributed by atoms with Gasteiger partial charge in [-0.3, -0.25) is 9.69 Å². The molecular formula is C12H19N3O. The second-order valence-corrected chi connectivity index (χ2v) is 4.92. The molecule has 0 N–H and O–H groups in total. The van der Waals surface area contributed by atoms with E-state index in [1.807, 2.05) is 11.0 Å². The fourth-order valence-electron chi connectivity index (χ4n) is 2.15. The van der Waals surface area contributed by atoms with E-state index in [-0.39, 0.29) is 5.91 Å². The summed E-state index contributed by atoms with van der Waals surface area (Å²) in [5, 5.41) is 8.71. The third kappa shape index (κ3) is 2.73. The Morgan fingerprint density at radius 2 is 2.00 bits per heavy atom. The van der Waals surface area contributed by atoms with Crippen LogP contribution >= 0.6 is 0 Å². The highest BCUT2D eigenvalue weighted by molar-refractivity contribution is 5.80. The zero-order valence-electron chi connectivity index (χ0n) is 9.85. The topological polar surface area (TPSA) is 47.3 Å². The number of hydrogen-bond donors (Lipinski definition) is 0. The molecular weight excluding hydrogens is 202 g/mol. The lowest BCUT2D eigenvalue weighted by molar-refractivity contribution is -0.135. The highest BCUT2D eigenvalue weighted by atomic mass is 16.2. The molecule has 0 bridgehead atoms. The Balaban J connectivity index is 1.75. The maximum atomic E-state index is 11.8. The van der Waals surface area contributed by atoms with Gasteiger partial charge in [0.05, 0.1) is 6.07 Å². The minimum atomic E-state index is -0.491. The Kier molecular flexibility index (Phi) is 3.45. The van der Waals surface area contributed by atoms with E-state index in [2.05, 4.69) is 4.90 Å². The molecule has 1 heterocycles. The SMILES string of the molecule is CC(C#N)C(=O)N1CCN(CC2CC2)CC1. The number of piperazine rings is 1. The fourth-order valence-corrected chi connectivity index (χ4v) is 2.15. The Hall–Kier alpha value is -1.08. The summed E-state index contributed by atoms with van der Waals surface area (Å²) in [4.78, 5) is 16.0. The zero-order chi connectivity index (χ0) is 11.5. The average Bonchev–Trinajstić information content (AvgIpc) is 3.12. The Morgan fingerprint density at radius 1 is 1.38 bits per heavy atom. The van der Waals surface area contributed by atoms with Crippen LogP contribution in [-0.2, 0) is 4.79 Å². The van der Waals surface area contributed by atoms with Gasteiger partial charge in [0, 0.05) is 32.7 Å². The lowest BCUT2D eigenvalue weighted by Crippen LogP contribution is -2.50. The molecule has 16 heavy (non-hydrogen) atoms. The Labute approximate surface area is 96.8 Å². The van der Waals surface area contributed by atoms with Crippen molar-refractivity contribution in [3.8, 4) is 6.07 Å². The van der Waals surface area contributed by atoms with Gasteiger partial charge in [0.1, 0.15) is 5.92 Å². The monoisotopic (exact) mass is 221 g/mol. The molecule has 2 rings (SSSR count). The number of nitrogens with zero attached hydrogens (tertiary/aromatic N) is 3. The number of hydrogen-bond acceptors (Lipinski definition) is 3. The molecule has 1 saturated carbocycles. The largest absolute Gasteiger partial charge is 0.339 e. The van der Waals surface area contributed by atoms with E-state index in [1.165, 1.54) is 19.4 Å². The average molecular weight is 221 g/mol. The summed E-state index contributed by atoms with van der Waals surface area (Å²) in [6.07, 6.45) is 2.76. The molecule has 1 atom stereocenters. The van der Waals surface area contributed by atoms with Crippen LogP contribution in [0.2, 0.25) is 0 Å². The number of carbonyl (C=O) groups is 1. The predicted molar refractivity (Wildman–Crippen MR) is 60.5 cm³/mol. The predicted octanol–water partition coefficient (Wildman–Crippen LogP) is 0.700. The molecule has 2 aliphatic rings. The summed E-state index contributed by atoms with van der Waals surface area (Å²) >= 11 is 0. The van der Waals surface area contributed by atoms with Gasteiger partial charge < -0.3 is 4.90 Å². The summed E-state index contributed by atoms with van der Waals surface area (Å²) < 4.78 is 0. The van der Waals surface area contributed by atoms with E-state index in [9.17, 15) is 4.79 Å². The zero-order valence-corrected chi connectivity index (χ0v) is 9.85. The minimum Gasteiger partial charge on any atom is -0.339 e. The molecule has 1 amide bonds. The van der Waals surface area contributed by atoms with Crippen molar-refractivity contribution in [2.24, 2.45) is 11.8 Å². The van der Waals surface area contributed by atoms with Gasteiger partial charge in [-0.05, 0) is 25.7 Å². The van der Waals surface area contributed by atoms with Crippen LogP contribution in [0.15, 0.2) is 0 Å². The van der Waals surface area contributed by atoms with Crippen molar-refractivity contribution in [1.29, 1.82) is 5.26 Å². The molecule has 1 unspecified atom stereocenters. The van der Waals surface area contributed by atoms with Crippen LogP contribution in [0.1, 0.15) is 19.8 Å². The van der Waals surface area contributed by atoms with E-state index in [0.717, 1.165) is 32.1 Å². The molecule has 0 aromatic carbocycles. The number of rotatable bonds is 3. The molecule has 0 aromatic heterocycles. The summed E-state index contributed by atoms with van der Waals surface area (Å²) in [5.41, 5.74) is 0. The summed E-state index contributed by atoms with van der Waals surface area (Å²) in [6, 6.07) is 2.01. The van der Waals surface area contributed by atoms with Crippen LogP contribution in [0.4, 0.5) is 0 Å². The second-order valence-electron chi connectivity index (χ2n) is 4.92. The molecule has 0 radical (unpaired) electrons. The minimum absolute atomic E-state index is 0.00595. The van der Waals surface area contributed by atoms with Crippen molar-refractivity contribution >= 4 is 5.91 Å². The van der Waals surface area contributed by atoms with Gasteiger partial charge in [-0.2, -0.15) is 5.26 Å². The van der Waals surface area contributed by atoms with Gasteiger partial charge in [-0.1, -0.05) is 0 Å². The standard InChI is InChI=1S/C12H19N3O/c1-10(8-13)12(16)15-6-4-14(5-7-15)9-11-2-3-11/h10-11H,2-7,9H2,1H3. The fraction of sp³-hybridized carbons (Fsp3) is 0.833. The lowest BCUT2D eigenvalue weighted by atomic mass is 10.1. The summed E-state index contributed by atoms with van der Waals surface area (Å²) in [7, 11) is 0. The van der Waals surface area contributed by atoms with Gasteiger partial charge in [0.15, 0.2) is 0 Å². The van der Waals surface area contributed by atoms with Gasteiger partial charge in [-0.25, -0.2) is 0 Å².